The molecule has 22 heavy (non-hydrogen) atoms. The fraction of sp³-hybridized carbons (Fsp3) is 0.467. The Balaban J connectivity index is 1.75. The molecule has 2 rings (SSSR count). The van der Waals surface area contributed by atoms with E-state index in [9.17, 15) is 14.0 Å². The van der Waals surface area contributed by atoms with E-state index in [0.717, 1.165) is 5.56 Å². The van der Waals surface area contributed by atoms with Gasteiger partial charge in [-0.05, 0) is 24.6 Å². The topological polar surface area (TPSA) is 64.7 Å². The minimum Gasteiger partial charge on any atom is -0.338 e. The van der Waals surface area contributed by atoms with Gasteiger partial charge in [-0.15, -0.1) is 0 Å². The van der Waals surface area contributed by atoms with Crippen LogP contribution in [0.3, 0.4) is 0 Å². The summed E-state index contributed by atoms with van der Waals surface area (Å²) in [6, 6.07) is 5.76. The van der Waals surface area contributed by atoms with E-state index in [1.807, 2.05) is 6.92 Å². The monoisotopic (exact) mass is 308 g/mol. The van der Waals surface area contributed by atoms with Crippen LogP contribution in [-0.4, -0.2) is 54.6 Å². The summed E-state index contributed by atoms with van der Waals surface area (Å²) >= 11 is 0. The number of amides is 4. The molecular weight excluding hydrogens is 287 g/mol. The lowest BCUT2D eigenvalue weighted by Gasteiger charge is -2.34. The number of halogens is 1. The van der Waals surface area contributed by atoms with Crippen LogP contribution in [0.1, 0.15) is 12.5 Å². The van der Waals surface area contributed by atoms with Crippen LogP contribution >= 0.6 is 0 Å². The molecule has 0 aliphatic carbocycles. The van der Waals surface area contributed by atoms with Crippen LogP contribution < -0.4 is 10.6 Å². The quantitative estimate of drug-likeness (QED) is 0.886. The second-order valence-electron chi connectivity index (χ2n) is 5.09. The van der Waals surface area contributed by atoms with Gasteiger partial charge in [0.05, 0.1) is 0 Å². The van der Waals surface area contributed by atoms with E-state index in [2.05, 4.69) is 10.6 Å². The number of rotatable bonds is 3. The summed E-state index contributed by atoms with van der Waals surface area (Å²) in [5, 5.41) is 5.55. The first-order valence-corrected chi connectivity index (χ1v) is 7.40. The van der Waals surface area contributed by atoms with Crippen molar-refractivity contribution < 1.29 is 14.0 Å². The molecule has 4 amide bonds. The third kappa shape index (κ3) is 4.34. The van der Waals surface area contributed by atoms with Gasteiger partial charge in [0.1, 0.15) is 5.82 Å². The van der Waals surface area contributed by atoms with Gasteiger partial charge in [-0.3, -0.25) is 0 Å². The molecule has 0 atom stereocenters. The predicted molar refractivity (Wildman–Crippen MR) is 80.9 cm³/mol. The van der Waals surface area contributed by atoms with Crippen LogP contribution in [0.25, 0.3) is 0 Å². The SMILES string of the molecule is CCNC(=O)N1CCN(C(=O)NCc2ccc(F)cc2)CC1. The van der Waals surface area contributed by atoms with Gasteiger partial charge in [-0.25, -0.2) is 14.0 Å². The van der Waals surface area contributed by atoms with Gasteiger partial charge in [0.25, 0.3) is 0 Å². The molecule has 1 heterocycles. The number of nitrogens with one attached hydrogen (secondary N) is 2. The average molecular weight is 308 g/mol. The number of benzene rings is 1. The Kier molecular flexibility index (Phi) is 5.57. The average Bonchev–Trinajstić information content (AvgIpc) is 2.54. The second-order valence-corrected chi connectivity index (χ2v) is 5.09. The molecule has 1 aromatic carbocycles. The summed E-state index contributed by atoms with van der Waals surface area (Å²) in [7, 11) is 0. The summed E-state index contributed by atoms with van der Waals surface area (Å²) in [6.45, 7) is 4.88. The van der Waals surface area contributed by atoms with E-state index in [0.29, 0.717) is 39.3 Å². The molecule has 0 unspecified atom stereocenters. The second kappa shape index (κ2) is 7.63. The number of carbonyl (C=O) groups is 2. The van der Waals surface area contributed by atoms with Crippen molar-refractivity contribution in [1.82, 2.24) is 20.4 Å². The number of piperazine rings is 1. The molecule has 0 radical (unpaired) electrons. The molecule has 1 aliphatic heterocycles. The van der Waals surface area contributed by atoms with E-state index >= 15 is 0 Å². The molecule has 120 valence electrons. The van der Waals surface area contributed by atoms with Gasteiger partial charge in [-0.1, -0.05) is 12.1 Å². The molecule has 1 saturated heterocycles. The molecule has 1 fully saturated rings. The zero-order valence-electron chi connectivity index (χ0n) is 12.6. The summed E-state index contributed by atoms with van der Waals surface area (Å²) in [5.41, 5.74) is 0.843. The Morgan fingerprint density at radius 3 is 2.00 bits per heavy atom. The first kappa shape index (κ1) is 16.1. The molecular formula is C15H21FN4O2. The van der Waals surface area contributed by atoms with Crippen LogP contribution in [0.4, 0.5) is 14.0 Å². The van der Waals surface area contributed by atoms with E-state index in [4.69, 9.17) is 0 Å². The summed E-state index contributed by atoms with van der Waals surface area (Å²) in [6.07, 6.45) is 0. The minimum atomic E-state index is -0.295. The highest BCUT2D eigenvalue weighted by Gasteiger charge is 2.23. The number of hydrogen-bond acceptors (Lipinski definition) is 2. The number of hydrogen-bond donors (Lipinski definition) is 2. The van der Waals surface area contributed by atoms with Gasteiger partial charge < -0.3 is 20.4 Å². The largest absolute Gasteiger partial charge is 0.338 e. The van der Waals surface area contributed by atoms with Crippen molar-refractivity contribution in [2.45, 2.75) is 13.5 Å². The highest BCUT2D eigenvalue weighted by atomic mass is 19.1. The lowest BCUT2D eigenvalue weighted by molar-refractivity contribution is 0.143. The maximum Gasteiger partial charge on any atom is 0.317 e. The molecule has 0 spiro atoms. The van der Waals surface area contributed by atoms with Crippen molar-refractivity contribution in [2.75, 3.05) is 32.7 Å². The number of urea groups is 2. The third-order valence-corrected chi connectivity index (χ3v) is 3.54. The van der Waals surface area contributed by atoms with Gasteiger partial charge in [0, 0.05) is 39.3 Å². The van der Waals surface area contributed by atoms with Crippen LogP contribution in [0.5, 0.6) is 0 Å². The predicted octanol–water partition coefficient (Wildman–Crippen LogP) is 1.38. The normalized spacial score (nSPS) is 14.6. The van der Waals surface area contributed by atoms with Gasteiger partial charge in [-0.2, -0.15) is 0 Å². The molecule has 7 heteroatoms. The Labute approximate surface area is 129 Å². The van der Waals surface area contributed by atoms with Crippen LogP contribution in [0.15, 0.2) is 24.3 Å². The van der Waals surface area contributed by atoms with E-state index in [1.54, 1.807) is 21.9 Å². The fourth-order valence-electron chi connectivity index (χ4n) is 2.27. The molecule has 6 nitrogen and oxygen atoms in total. The van der Waals surface area contributed by atoms with Crippen LogP contribution in [0.2, 0.25) is 0 Å². The maximum atomic E-state index is 12.8. The van der Waals surface area contributed by atoms with Crippen molar-refractivity contribution in [3.8, 4) is 0 Å². The number of carbonyl (C=O) groups excluding carboxylic acids is 2. The van der Waals surface area contributed by atoms with Crippen molar-refractivity contribution in [3.63, 3.8) is 0 Å². The smallest absolute Gasteiger partial charge is 0.317 e. The Morgan fingerprint density at radius 2 is 1.50 bits per heavy atom. The molecule has 1 aliphatic rings. The molecule has 0 saturated carbocycles. The van der Waals surface area contributed by atoms with Crippen molar-refractivity contribution in [1.29, 1.82) is 0 Å². The molecule has 1 aromatic rings. The Hall–Kier alpha value is -2.31. The fourth-order valence-corrected chi connectivity index (χ4v) is 2.27. The van der Waals surface area contributed by atoms with Gasteiger partial charge in [0.2, 0.25) is 0 Å². The van der Waals surface area contributed by atoms with E-state index in [1.165, 1.54) is 12.1 Å². The zero-order chi connectivity index (χ0) is 15.9. The summed E-state index contributed by atoms with van der Waals surface area (Å²) in [4.78, 5) is 27.1. The van der Waals surface area contributed by atoms with Crippen molar-refractivity contribution >= 4 is 12.1 Å². The summed E-state index contributed by atoms with van der Waals surface area (Å²) in [5.74, 6) is -0.295. The molecule has 0 bridgehead atoms. The Morgan fingerprint density at radius 1 is 1.00 bits per heavy atom. The van der Waals surface area contributed by atoms with Crippen LogP contribution in [-0.2, 0) is 6.54 Å². The summed E-state index contributed by atoms with van der Waals surface area (Å²) < 4.78 is 12.8. The first-order valence-electron chi connectivity index (χ1n) is 7.40. The van der Waals surface area contributed by atoms with E-state index in [-0.39, 0.29) is 17.9 Å². The lowest BCUT2D eigenvalue weighted by Crippen LogP contribution is -2.55. The van der Waals surface area contributed by atoms with E-state index < -0.39 is 0 Å². The Bertz CT molecular complexity index is 513. The van der Waals surface area contributed by atoms with Crippen LogP contribution in [0, 0.1) is 5.82 Å². The maximum absolute atomic E-state index is 12.8. The van der Waals surface area contributed by atoms with Gasteiger partial charge in [0.15, 0.2) is 0 Å². The standard InChI is InChI=1S/C15H21FN4O2/c1-2-17-14(21)19-7-9-20(10-8-19)15(22)18-11-12-3-5-13(16)6-4-12/h3-6H,2,7-11H2,1H3,(H,17,21)(H,18,22). The minimum absolute atomic E-state index is 0.0890. The number of nitrogens with zero attached hydrogens (tertiary/aromatic N) is 2. The van der Waals surface area contributed by atoms with Crippen molar-refractivity contribution in [2.24, 2.45) is 0 Å². The first-order chi connectivity index (χ1) is 10.6. The lowest BCUT2D eigenvalue weighted by atomic mass is 10.2. The van der Waals surface area contributed by atoms with Crippen molar-refractivity contribution in [3.05, 3.63) is 35.6 Å². The third-order valence-electron chi connectivity index (χ3n) is 3.54. The molecule has 2 N–H and O–H groups in total. The highest BCUT2D eigenvalue weighted by Crippen LogP contribution is 2.05. The zero-order valence-corrected chi connectivity index (χ0v) is 12.6. The van der Waals surface area contributed by atoms with Gasteiger partial charge >= 0.3 is 12.1 Å². The molecule has 0 aromatic heterocycles. The highest BCUT2D eigenvalue weighted by molar-refractivity contribution is 5.76.